The average molecular weight is 326 g/mol. The minimum Gasteiger partial charge on any atom is -0.337 e. The summed E-state index contributed by atoms with van der Waals surface area (Å²) in [5.41, 5.74) is 3.53. The molecule has 0 aliphatic heterocycles. The maximum absolute atomic E-state index is 13.8. The lowest BCUT2D eigenvalue weighted by atomic mass is 10.2. The van der Waals surface area contributed by atoms with Crippen LogP contribution in [-0.4, -0.2) is 9.97 Å². The van der Waals surface area contributed by atoms with Crippen molar-refractivity contribution >= 4 is 33.3 Å². The molecule has 0 unspecified atom stereocenters. The molecule has 0 spiro atoms. The lowest BCUT2D eigenvalue weighted by Crippen LogP contribution is -2.13. The molecule has 2 aromatic rings. The van der Waals surface area contributed by atoms with Gasteiger partial charge in [-0.1, -0.05) is 6.07 Å². The number of hydrogen-bond acceptors (Lipinski definition) is 5. The Morgan fingerprint density at radius 3 is 2.53 bits per heavy atom. The van der Waals surface area contributed by atoms with Gasteiger partial charge >= 0.3 is 0 Å². The van der Waals surface area contributed by atoms with E-state index in [0.29, 0.717) is 33.2 Å². The number of nitrogen functional groups attached to an aromatic ring is 1. The summed E-state index contributed by atoms with van der Waals surface area (Å²) in [5.74, 6) is 6.57. The number of rotatable bonds is 3. The lowest BCUT2D eigenvalue weighted by Gasteiger charge is -2.14. The van der Waals surface area contributed by atoms with Crippen LogP contribution in [0.4, 0.5) is 21.7 Å². The van der Waals surface area contributed by atoms with Gasteiger partial charge in [0.25, 0.3) is 0 Å². The van der Waals surface area contributed by atoms with Gasteiger partial charge in [0, 0.05) is 10.0 Å². The number of para-hydroxylation sites is 1. The Bertz CT molecular complexity index is 597. The van der Waals surface area contributed by atoms with E-state index in [1.165, 1.54) is 6.07 Å². The zero-order valence-corrected chi connectivity index (χ0v) is 12.0. The number of hydrazine groups is 1. The third-order valence-corrected chi connectivity index (χ3v) is 3.26. The Morgan fingerprint density at radius 2 is 1.89 bits per heavy atom. The van der Waals surface area contributed by atoms with Crippen molar-refractivity contribution in [2.45, 2.75) is 13.8 Å². The Labute approximate surface area is 118 Å². The number of nitrogens with two attached hydrogens (primary N) is 1. The fourth-order valence-electron chi connectivity index (χ4n) is 1.63. The predicted molar refractivity (Wildman–Crippen MR) is 76.7 cm³/mol. The minimum absolute atomic E-state index is 0.326. The van der Waals surface area contributed by atoms with Crippen molar-refractivity contribution in [2.75, 3.05) is 10.7 Å². The molecule has 19 heavy (non-hydrogen) atoms. The fourth-order valence-corrected chi connectivity index (χ4v) is 2.07. The van der Waals surface area contributed by atoms with Gasteiger partial charge in [0.05, 0.1) is 5.69 Å². The summed E-state index contributed by atoms with van der Waals surface area (Å²) in [7, 11) is 0. The summed E-state index contributed by atoms with van der Waals surface area (Å²) in [5, 5.41) is 2.96. The van der Waals surface area contributed by atoms with Crippen LogP contribution in [0.25, 0.3) is 0 Å². The number of nitrogens with zero attached hydrogens (tertiary/aromatic N) is 2. The van der Waals surface area contributed by atoms with Gasteiger partial charge in [0.15, 0.2) is 0 Å². The predicted octanol–water partition coefficient (Wildman–Crippen LogP) is 3.02. The Morgan fingerprint density at radius 1 is 1.21 bits per heavy atom. The molecule has 5 nitrogen and oxygen atoms in total. The van der Waals surface area contributed by atoms with Crippen LogP contribution in [0.2, 0.25) is 0 Å². The maximum atomic E-state index is 13.8. The second-order valence-electron chi connectivity index (χ2n) is 3.96. The summed E-state index contributed by atoms with van der Waals surface area (Å²) in [6.45, 7) is 3.54. The summed E-state index contributed by atoms with van der Waals surface area (Å²) in [4.78, 5) is 8.40. The maximum Gasteiger partial charge on any atom is 0.148 e. The summed E-state index contributed by atoms with van der Waals surface area (Å²) in [6, 6.07) is 4.74. The Balaban J connectivity index is 2.47. The van der Waals surface area contributed by atoms with E-state index < -0.39 is 0 Å². The molecule has 0 aliphatic rings. The SMILES string of the molecule is Cc1nc(NN)c(C)c(Nc2c(F)cccc2Br)n1. The molecule has 0 amide bonds. The van der Waals surface area contributed by atoms with Gasteiger partial charge in [-0.05, 0) is 41.9 Å². The van der Waals surface area contributed by atoms with Crippen LogP contribution in [0.1, 0.15) is 11.4 Å². The third kappa shape index (κ3) is 2.82. The van der Waals surface area contributed by atoms with Crippen LogP contribution in [0.15, 0.2) is 22.7 Å². The van der Waals surface area contributed by atoms with Gasteiger partial charge in [0.1, 0.15) is 23.3 Å². The number of benzene rings is 1. The van der Waals surface area contributed by atoms with Crippen LogP contribution in [0.3, 0.4) is 0 Å². The largest absolute Gasteiger partial charge is 0.337 e. The molecular weight excluding hydrogens is 313 g/mol. The first-order chi connectivity index (χ1) is 9.02. The Kier molecular flexibility index (Phi) is 3.96. The lowest BCUT2D eigenvalue weighted by molar-refractivity contribution is 0.631. The second-order valence-corrected chi connectivity index (χ2v) is 4.81. The van der Waals surface area contributed by atoms with Crippen molar-refractivity contribution in [3.05, 3.63) is 39.9 Å². The molecule has 1 heterocycles. The molecule has 0 radical (unpaired) electrons. The van der Waals surface area contributed by atoms with E-state index in [-0.39, 0.29) is 5.82 Å². The van der Waals surface area contributed by atoms with Crippen molar-refractivity contribution in [1.82, 2.24) is 9.97 Å². The van der Waals surface area contributed by atoms with Gasteiger partial charge in [-0.15, -0.1) is 0 Å². The molecular formula is C12H13BrFN5. The highest BCUT2D eigenvalue weighted by molar-refractivity contribution is 9.10. The van der Waals surface area contributed by atoms with Gasteiger partial charge in [0.2, 0.25) is 0 Å². The van der Waals surface area contributed by atoms with Gasteiger partial charge in [-0.3, -0.25) is 0 Å². The van der Waals surface area contributed by atoms with Crippen LogP contribution in [0.5, 0.6) is 0 Å². The van der Waals surface area contributed by atoms with Crippen molar-refractivity contribution in [1.29, 1.82) is 0 Å². The molecule has 0 atom stereocenters. The molecule has 7 heteroatoms. The number of aryl methyl sites for hydroxylation is 1. The highest BCUT2D eigenvalue weighted by atomic mass is 79.9. The number of halogens is 2. The highest BCUT2D eigenvalue weighted by Gasteiger charge is 2.12. The zero-order valence-electron chi connectivity index (χ0n) is 10.5. The monoisotopic (exact) mass is 325 g/mol. The van der Waals surface area contributed by atoms with Crippen molar-refractivity contribution in [3.63, 3.8) is 0 Å². The van der Waals surface area contributed by atoms with E-state index in [1.54, 1.807) is 26.0 Å². The number of anilines is 3. The van der Waals surface area contributed by atoms with E-state index >= 15 is 0 Å². The smallest absolute Gasteiger partial charge is 0.148 e. The van der Waals surface area contributed by atoms with Crippen molar-refractivity contribution in [2.24, 2.45) is 5.84 Å². The summed E-state index contributed by atoms with van der Waals surface area (Å²) >= 11 is 3.30. The van der Waals surface area contributed by atoms with E-state index in [2.05, 4.69) is 36.6 Å². The minimum atomic E-state index is -0.368. The molecule has 0 bridgehead atoms. The van der Waals surface area contributed by atoms with E-state index in [9.17, 15) is 4.39 Å². The van der Waals surface area contributed by atoms with E-state index in [0.717, 1.165) is 0 Å². The number of hydrogen-bond donors (Lipinski definition) is 3. The molecule has 4 N–H and O–H groups in total. The average Bonchev–Trinajstić information content (AvgIpc) is 2.37. The molecule has 1 aromatic heterocycles. The molecule has 100 valence electrons. The first-order valence-corrected chi connectivity index (χ1v) is 6.35. The van der Waals surface area contributed by atoms with Crippen LogP contribution >= 0.6 is 15.9 Å². The summed E-state index contributed by atoms with van der Waals surface area (Å²) < 4.78 is 14.4. The number of nitrogens with one attached hydrogen (secondary N) is 2. The number of aromatic nitrogens is 2. The molecule has 0 saturated carbocycles. The quantitative estimate of drug-likeness (QED) is 0.597. The summed E-state index contributed by atoms with van der Waals surface area (Å²) in [6.07, 6.45) is 0. The van der Waals surface area contributed by atoms with Gasteiger partial charge in [-0.2, -0.15) is 0 Å². The molecule has 0 aliphatic carbocycles. The van der Waals surface area contributed by atoms with Crippen molar-refractivity contribution < 1.29 is 4.39 Å². The topological polar surface area (TPSA) is 75.9 Å². The zero-order chi connectivity index (χ0) is 14.0. The second kappa shape index (κ2) is 5.50. The normalized spacial score (nSPS) is 10.4. The molecule has 0 saturated heterocycles. The highest BCUT2D eigenvalue weighted by Crippen LogP contribution is 2.30. The fraction of sp³-hybridized carbons (Fsp3) is 0.167. The van der Waals surface area contributed by atoms with Crippen LogP contribution < -0.4 is 16.6 Å². The van der Waals surface area contributed by atoms with Crippen LogP contribution in [0, 0.1) is 19.7 Å². The first kappa shape index (κ1) is 13.7. The van der Waals surface area contributed by atoms with E-state index in [1.807, 2.05) is 0 Å². The van der Waals surface area contributed by atoms with Gasteiger partial charge < -0.3 is 10.7 Å². The first-order valence-electron chi connectivity index (χ1n) is 5.56. The molecule has 0 fully saturated rings. The third-order valence-electron chi connectivity index (χ3n) is 2.60. The van der Waals surface area contributed by atoms with Crippen LogP contribution in [-0.2, 0) is 0 Å². The van der Waals surface area contributed by atoms with Gasteiger partial charge in [-0.25, -0.2) is 20.2 Å². The van der Waals surface area contributed by atoms with Crippen molar-refractivity contribution in [3.8, 4) is 0 Å². The standard InChI is InChI=1S/C12H13BrFN5/c1-6-11(16-7(2)17-12(6)19-15)18-10-8(13)4-3-5-9(10)14/h3-5H,15H2,1-2H3,(H2,16,17,18,19). The molecule has 1 aromatic carbocycles. The van der Waals surface area contributed by atoms with E-state index in [4.69, 9.17) is 5.84 Å². The Hall–Kier alpha value is -1.73. The molecule has 2 rings (SSSR count).